The van der Waals surface area contributed by atoms with Gasteiger partial charge in [-0.25, -0.2) is 0 Å². The number of rotatable bonds is 8. The van der Waals surface area contributed by atoms with E-state index in [0.29, 0.717) is 0 Å². The largest absolute Gasteiger partial charge is 0.343 e. The zero-order valence-corrected chi connectivity index (χ0v) is 33.1. The van der Waals surface area contributed by atoms with E-state index in [4.69, 9.17) is 0 Å². The van der Waals surface area contributed by atoms with Crippen LogP contribution in [0.4, 0.5) is 17.1 Å². The van der Waals surface area contributed by atoms with Crippen molar-refractivity contribution >= 4 is 17.1 Å². The molecule has 0 unspecified atom stereocenters. The fraction of sp³-hybridized carbons (Fsp3) is 0.0714. The molecule has 0 amide bonds. The highest BCUT2D eigenvalue weighted by Crippen LogP contribution is 2.52. The topological polar surface area (TPSA) is 8.17 Å². The number of hydrogen-bond donors (Lipinski definition) is 0. The SMILES string of the molecule is Cn1c(-c2ccccc2)c(-c2ccccc2)c(-c2ccccc2)c1-c1ccc(N(c2ccc(-c3ccccc3)cc2)c2ccc3c(c2)C(C)(C)c2ccccc2-3)cc1. The molecule has 2 nitrogen and oxygen atoms in total. The summed E-state index contributed by atoms with van der Waals surface area (Å²) in [7, 11) is 2.22. The van der Waals surface area contributed by atoms with Crippen molar-refractivity contribution in [2.24, 2.45) is 7.05 Å². The van der Waals surface area contributed by atoms with Crippen molar-refractivity contribution in [3.8, 4) is 67.0 Å². The van der Waals surface area contributed by atoms with E-state index in [-0.39, 0.29) is 5.41 Å². The van der Waals surface area contributed by atoms with Gasteiger partial charge in [0.25, 0.3) is 0 Å². The average molecular weight is 745 g/mol. The molecule has 58 heavy (non-hydrogen) atoms. The lowest BCUT2D eigenvalue weighted by molar-refractivity contribution is 0.660. The summed E-state index contributed by atoms with van der Waals surface area (Å²) in [6.45, 7) is 4.71. The number of anilines is 3. The highest BCUT2D eigenvalue weighted by molar-refractivity contribution is 6.02. The minimum atomic E-state index is -0.109. The van der Waals surface area contributed by atoms with Crippen LogP contribution in [0.3, 0.4) is 0 Å². The molecule has 9 aromatic rings. The van der Waals surface area contributed by atoms with Gasteiger partial charge < -0.3 is 9.47 Å². The fourth-order valence-corrected chi connectivity index (χ4v) is 9.21. The Morgan fingerprint density at radius 3 is 1.26 bits per heavy atom. The number of benzene rings is 8. The van der Waals surface area contributed by atoms with Crippen LogP contribution >= 0.6 is 0 Å². The summed E-state index contributed by atoms with van der Waals surface area (Å²) in [5.41, 5.74) is 20.6. The monoisotopic (exact) mass is 744 g/mol. The molecule has 1 aliphatic carbocycles. The first kappa shape index (κ1) is 35.3. The van der Waals surface area contributed by atoms with Crippen LogP contribution in [-0.2, 0) is 12.5 Å². The van der Waals surface area contributed by atoms with Gasteiger partial charge in [0.1, 0.15) is 0 Å². The van der Waals surface area contributed by atoms with Gasteiger partial charge in [-0.05, 0) is 92.0 Å². The van der Waals surface area contributed by atoms with Gasteiger partial charge in [0.2, 0.25) is 0 Å². The highest BCUT2D eigenvalue weighted by Gasteiger charge is 2.36. The minimum Gasteiger partial charge on any atom is -0.343 e. The van der Waals surface area contributed by atoms with Gasteiger partial charge in [0, 0.05) is 40.7 Å². The molecule has 0 spiro atoms. The second-order valence-electron chi connectivity index (χ2n) is 15.8. The summed E-state index contributed by atoms with van der Waals surface area (Å²) in [5.74, 6) is 0. The third-order valence-electron chi connectivity index (χ3n) is 12.0. The Bertz CT molecular complexity index is 2870. The van der Waals surface area contributed by atoms with Crippen LogP contribution in [-0.4, -0.2) is 4.57 Å². The van der Waals surface area contributed by atoms with Crippen molar-refractivity contribution in [2.45, 2.75) is 19.3 Å². The van der Waals surface area contributed by atoms with Crippen molar-refractivity contribution < 1.29 is 0 Å². The van der Waals surface area contributed by atoms with Crippen molar-refractivity contribution in [1.82, 2.24) is 4.57 Å². The molecule has 8 aromatic carbocycles. The molecule has 1 aromatic heterocycles. The van der Waals surface area contributed by atoms with Crippen molar-refractivity contribution in [3.63, 3.8) is 0 Å². The van der Waals surface area contributed by atoms with Crippen molar-refractivity contribution in [3.05, 3.63) is 223 Å². The summed E-state index contributed by atoms with van der Waals surface area (Å²) in [6, 6.07) is 77.2. The van der Waals surface area contributed by atoms with Gasteiger partial charge in [-0.3, -0.25) is 0 Å². The smallest absolute Gasteiger partial charge is 0.0568 e. The van der Waals surface area contributed by atoms with E-state index >= 15 is 0 Å². The lowest BCUT2D eigenvalue weighted by Crippen LogP contribution is -2.16. The maximum absolute atomic E-state index is 2.41. The quantitative estimate of drug-likeness (QED) is 0.150. The molecule has 1 aliphatic rings. The van der Waals surface area contributed by atoms with Crippen LogP contribution in [0.2, 0.25) is 0 Å². The average Bonchev–Trinajstić information content (AvgIpc) is 3.72. The van der Waals surface area contributed by atoms with Gasteiger partial charge in [0.05, 0.1) is 11.4 Å². The van der Waals surface area contributed by atoms with E-state index in [1.54, 1.807) is 0 Å². The first-order chi connectivity index (χ1) is 28.5. The Labute approximate surface area is 342 Å². The summed E-state index contributed by atoms with van der Waals surface area (Å²) >= 11 is 0. The molecular formula is C56H44N2. The van der Waals surface area contributed by atoms with Gasteiger partial charge in [0.15, 0.2) is 0 Å². The molecule has 0 bridgehead atoms. The lowest BCUT2D eigenvalue weighted by Gasteiger charge is -2.28. The molecule has 2 heteroatoms. The van der Waals surface area contributed by atoms with Gasteiger partial charge in [-0.1, -0.05) is 190 Å². The maximum Gasteiger partial charge on any atom is 0.0568 e. The van der Waals surface area contributed by atoms with Gasteiger partial charge in [-0.15, -0.1) is 0 Å². The normalized spacial score (nSPS) is 12.5. The summed E-state index contributed by atoms with van der Waals surface area (Å²) in [4.78, 5) is 2.41. The fourth-order valence-electron chi connectivity index (χ4n) is 9.21. The van der Waals surface area contributed by atoms with Crippen molar-refractivity contribution in [2.75, 3.05) is 4.90 Å². The number of hydrogen-bond acceptors (Lipinski definition) is 1. The minimum absolute atomic E-state index is 0.109. The number of fused-ring (bicyclic) bond motifs is 3. The van der Waals surface area contributed by atoms with Crippen LogP contribution in [0.15, 0.2) is 212 Å². The second-order valence-corrected chi connectivity index (χ2v) is 15.8. The van der Waals surface area contributed by atoms with E-state index in [0.717, 1.165) is 22.6 Å². The highest BCUT2D eigenvalue weighted by atomic mass is 15.1. The predicted octanol–water partition coefficient (Wildman–Crippen LogP) is 15.1. The zero-order chi connectivity index (χ0) is 39.2. The van der Waals surface area contributed by atoms with E-state index in [1.807, 2.05) is 0 Å². The molecule has 0 fully saturated rings. The predicted molar refractivity (Wildman–Crippen MR) is 245 cm³/mol. The molecule has 10 rings (SSSR count). The van der Waals surface area contributed by atoms with Crippen LogP contribution in [0.1, 0.15) is 25.0 Å². The summed E-state index contributed by atoms with van der Waals surface area (Å²) in [5, 5.41) is 0. The number of aromatic nitrogens is 1. The van der Waals surface area contributed by atoms with Crippen LogP contribution in [0.25, 0.3) is 67.0 Å². The Morgan fingerprint density at radius 2 is 0.724 bits per heavy atom. The molecule has 0 N–H and O–H groups in total. The molecule has 0 radical (unpaired) electrons. The maximum atomic E-state index is 2.41. The summed E-state index contributed by atoms with van der Waals surface area (Å²) < 4.78 is 2.40. The zero-order valence-electron chi connectivity index (χ0n) is 33.1. The molecular weight excluding hydrogens is 701 g/mol. The van der Waals surface area contributed by atoms with Crippen LogP contribution in [0.5, 0.6) is 0 Å². The Hall–Kier alpha value is -7.16. The Kier molecular flexibility index (Phi) is 8.76. The van der Waals surface area contributed by atoms with Crippen LogP contribution < -0.4 is 4.90 Å². The molecule has 278 valence electrons. The molecule has 0 atom stereocenters. The first-order valence-corrected chi connectivity index (χ1v) is 20.2. The van der Waals surface area contributed by atoms with Gasteiger partial charge >= 0.3 is 0 Å². The third-order valence-corrected chi connectivity index (χ3v) is 12.0. The first-order valence-electron chi connectivity index (χ1n) is 20.2. The molecule has 1 heterocycles. The van der Waals surface area contributed by atoms with Crippen molar-refractivity contribution in [1.29, 1.82) is 0 Å². The Morgan fingerprint density at radius 1 is 0.345 bits per heavy atom. The number of nitrogens with zero attached hydrogens (tertiary/aromatic N) is 2. The Balaban J connectivity index is 1.14. The third kappa shape index (κ3) is 5.97. The molecule has 0 aliphatic heterocycles. The van der Waals surface area contributed by atoms with E-state index in [2.05, 4.69) is 243 Å². The standard InChI is InChI=1S/C56H44N2/c1-56(2)50-27-17-16-26-48(50)49-37-36-47(38-51(49)56)58(45-32-28-40(29-33-45)39-18-8-4-9-19-39)46-34-30-44(31-35-46)55-53(42-22-12-6-13-23-42)52(41-20-10-5-11-21-41)54(57(55)3)43-24-14-7-15-25-43/h4-38H,1-3H3. The van der Waals surface area contributed by atoms with E-state index in [1.165, 1.54) is 72.6 Å². The van der Waals surface area contributed by atoms with Gasteiger partial charge in [-0.2, -0.15) is 0 Å². The molecule has 0 saturated heterocycles. The second kappa shape index (κ2) is 14.4. The molecule has 0 saturated carbocycles. The van der Waals surface area contributed by atoms with Crippen LogP contribution in [0, 0.1) is 0 Å². The van der Waals surface area contributed by atoms with E-state index in [9.17, 15) is 0 Å². The van der Waals surface area contributed by atoms with E-state index < -0.39 is 0 Å². The summed E-state index contributed by atoms with van der Waals surface area (Å²) in [6.07, 6.45) is 0. The lowest BCUT2D eigenvalue weighted by atomic mass is 9.82.